The first-order valence-corrected chi connectivity index (χ1v) is 11.4. The molecule has 3 aromatic carbocycles. The molecule has 4 aromatic rings. The number of nitrogens with zero attached hydrogens (tertiary/aromatic N) is 2. The molecule has 0 aliphatic carbocycles. The molecule has 1 amide bonds. The minimum Gasteiger partial charge on any atom is -0.486 e. The molecule has 0 radical (unpaired) electrons. The van der Waals surface area contributed by atoms with Crippen molar-refractivity contribution in [3.63, 3.8) is 0 Å². The van der Waals surface area contributed by atoms with Gasteiger partial charge in [0.25, 0.3) is 5.56 Å². The predicted molar refractivity (Wildman–Crippen MR) is 129 cm³/mol. The molecule has 5 rings (SSSR count). The molecule has 166 valence electrons. The fraction of sp³-hybridized carbons (Fsp3) is 0.160. The SMILES string of the molecule is CC(Sc1nc2ccccc2c(=O)n1-c1ccccc1)C(=O)Nc1ccc2c(c1)OCCO2. The smallest absolute Gasteiger partial charge is 0.266 e. The van der Waals surface area contributed by atoms with E-state index in [4.69, 9.17) is 14.5 Å². The van der Waals surface area contributed by atoms with Crippen molar-refractivity contribution in [1.82, 2.24) is 9.55 Å². The maximum atomic E-state index is 13.3. The minimum absolute atomic E-state index is 0.172. The van der Waals surface area contributed by atoms with E-state index in [9.17, 15) is 9.59 Å². The predicted octanol–water partition coefficient (Wildman–Crippen LogP) is 4.28. The van der Waals surface area contributed by atoms with Crippen LogP contribution in [-0.4, -0.2) is 33.9 Å². The summed E-state index contributed by atoms with van der Waals surface area (Å²) in [6.07, 6.45) is 0. The van der Waals surface area contributed by atoms with E-state index in [1.54, 1.807) is 41.8 Å². The summed E-state index contributed by atoms with van der Waals surface area (Å²) in [5.74, 6) is 1.06. The summed E-state index contributed by atoms with van der Waals surface area (Å²) < 4.78 is 12.7. The highest BCUT2D eigenvalue weighted by Crippen LogP contribution is 2.33. The first-order chi connectivity index (χ1) is 16.1. The zero-order valence-corrected chi connectivity index (χ0v) is 18.7. The summed E-state index contributed by atoms with van der Waals surface area (Å²) in [5, 5.41) is 3.38. The van der Waals surface area contributed by atoms with E-state index >= 15 is 0 Å². The van der Waals surface area contributed by atoms with Crippen molar-refractivity contribution in [2.75, 3.05) is 18.5 Å². The fourth-order valence-electron chi connectivity index (χ4n) is 3.57. The van der Waals surface area contributed by atoms with Crippen LogP contribution in [0.1, 0.15) is 6.92 Å². The lowest BCUT2D eigenvalue weighted by Gasteiger charge is -2.20. The molecule has 1 aliphatic rings. The van der Waals surface area contributed by atoms with Crippen molar-refractivity contribution in [2.45, 2.75) is 17.3 Å². The van der Waals surface area contributed by atoms with E-state index in [1.165, 1.54) is 11.8 Å². The number of ether oxygens (including phenoxy) is 2. The minimum atomic E-state index is -0.513. The molecule has 1 unspecified atom stereocenters. The number of nitrogens with one attached hydrogen (secondary N) is 1. The zero-order chi connectivity index (χ0) is 22.8. The van der Waals surface area contributed by atoms with Gasteiger partial charge in [-0.1, -0.05) is 42.1 Å². The van der Waals surface area contributed by atoms with Gasteiger partial charge < -0.3 is 14.8 Å². The van der Waals surface area contributed by atoms with Crippen LogP contribution in [0.2, 0.25) is 0 Å². The highest BCUT2D eigenvalue weighted by atomic mass is 32.2. The third-order valence-electron chi connectivity index (χ3n) is 5.22. The lowest BCUT2D eigenvalue weighted by Crippen LogP contribution is -2.26. The molecule has 0 spiro atoms. The van der Waals surface area contributed by atoms with Gasteiger partial charge in [-0.15, -0.1) is 0 Å². The van der Waals surface area contributed by atoms with Crippen LogP contribution in [0.15, 0.2) is 82.7 Å². The molecule has 0 saturated heterocycles. The van der Waals surface area contributed by atoms with Gasteiger partial charge in [0.15, 0.2) is 16.7 Å². The number of para-hydroxylation sites is 2. The molecule has 8 heteroatoms. The van der Waals surface area contributed by atoms with Crippen LogP contribution in [0.3, 0.4) is 0 Å². The van der Waals surface area contributed by atoms with E-state index in [0.717, 1.165) is 0 Å². The van der Waals surface area contributed by atoms with Gasteiger partial charge in [0, 0.05) is 11.8 Å². The van der Waals surface area contributed by atoms with E-state index in [0.29, 0.717) is 52.1 Å². The maximum absolute atomic E-state index is 13.3. The number of aromatic nitrogens is 2. The number of fused-ring (bicyclic) bond motifs is 2. The van der Waals surface area contributed by atoms with Gasteiger partial charge in [-0.25, -0.2) is 4.98 Å². The van der Waals surface area contributed by atoms with Gasteiger partial charge in [0.05, 0.1) is 21.8 Å². The lowest BCUT2D eigenvalue weighted by atomic mass is 10.2. The molecule has 0 fully saturated rings. The molecule has 0 bridgehead atoms. The molecular weight excluding hydrogens is 438 g/mol. The van der Waals surface area contributed by atoms with Crippen molar-refractivity contribution in [3.8, 4) is 17.2 Å². The standard InChI is InChI=1S/C25H21N3O4S/c1-16(23(29)26-17-11-12-21-22(15-17)32-14-13-31-21)33-25-27-20-10-6-5-9-19(20)24(30)28(25)18-7-3-2-4-8-18/h2-12,15-16H,13-14H2,1H3,(H,26,29). The van der Waals surface area contributed by atoms with Gasteiger partial charge in [0.2, 0.25) is 5.91 Å². The van der Waals surface area contributed by atoms with E-state index < -0.39 is 5.25 Å². The molecule has 0 saturated carbocycles. The molecule has 33 heavy (non-hydrogen) atoms. The van der Waals surface area contributed by atoms with Gasteiger partial charge in [-0.05, 0) is 43.3 Å². The van der Waals surface area contributed by atoms with Crippen molar-refractivity contribution < 1.29 is 14.3 Å². The number of carbonyl (C=O) groups excluding carboxylic acids is 1. The van der Waals surface area contributed by atoms with E-state index in [-0.39, 0.29) is 11.5 Å². The third kappa shape index (κ3) is 4.29. The number of anilines is 1. The number of hydrogen-bond acceptors (Lipinski definition) is 6. The summed E-state index contributed by atoms with van der Waals surface area (Å²) in [6.45, 7) is 2.77. The average molecular weight is 460 g/mol. The Morgan fingerprint density at radius 1 is 1.00 bits per heavy atom. The largest absolute Gasteiger partial charge is 0.486 e. The molecular formula is C25H21N3O4S. The summed E-state index contributed by atoms with van der Waals surface area (Å²) >= 11 is 1.23. The Hall–Kier alpha value is -3.78. The monoisotopic (exact) mass is 459 g/mol. The highest BCUT2D eigenvalue weighted by molar-refractivity contribution is 8.00. The fourth-order valence-corrected chi connectivity index (χ4v) is 4.50. The number of benzene rings is 3. The van der Waals surface area contributed by atoms with Crippen LogP contribution >= 0.6 is 11.8 Å². The quantitative estimate of drug-likeness (QED) is 0.354. The topological polar surface area (TPSA) is 82.5 Å². The Bertz CT molecular complexity index is 1390. The van der Waals surface area contributed by atoms with Gasteiger partial charge in [-0.2, -0.15) is 0 Å². The number of rotatable bonds is 5. The van der Waals surface area contributed by atoms with Crippen molar-refractivity contribution >= 4 is 34.3 Å². The molecule has 2 heterocycles. The van der Waals surface area contributed by atoms with Crippen LogP contribution < -0.4 is 20.3 Å². The Kier molecular flexibility index (Phi) is 5.75. The second kappa shape index (κ2) is 8.99. The van der Waals surface area contributed by atoms with Crippen LogP contribution in [0.4, 0.5) is 5.69 Å². The summed E-state index contributed by atoms with van der Waals surface area (Å²) in [7, 11) is 0. The van der Waals surface area contributed by atoms with E-state index in [2.05, 4.69) is 5.32 Å². The Morgan fingerprint density at radius 3 is 2.55 bits per heavy atom. The highest BCUT2D eigenvalue weighted by Gasteiger charge is 2.21. The molecule has 7 nitrogen and oxygen atoms in total. The summed E-state index contributed by atoms with van der Waals surface area (Å²) in [5.41, 5.74) is 1.73. The Labute approximate surface area is 194 Å². The molecule has 1 aromatic heterocycles. The average Bonchev–Trinajstić information content (AvgIpc) is 2.84. The molecule has 1 N–H and O–H groups in total. The number of carbonyl (C=O) groups is 1. The first kappa shape index (κ1) is 21.1. The van der Waals surface area contributed by atoms with Crippen molar-refractivity contribution in [3.05, 3.63) is 83.2 Å². The van der Waals surface area contributed by atoms with Crippen molar-refractivity contribution in [1.29, 1.82) is 0 Å². The second-order valence-corrected chi connectivity index (χ2v) is 8.80. The van der Waals surface area contributed by atoms with Gasteiger partial charge in [0.1, 0.15) is 13.2 Å². The van der Waals surface area contributed by atoms with Gasteiger partial charge >= 0.3 is 0 Å². The normalized spacial score (nSPS) is 13.5. The number of hydrogen-bond donors (Lipinski definition) is 1. The Morgan fingerprint density at radius 2 is 1.73 bits per heavy atom. The number of thioether (sulfide) groups is 1. The summed E-state index contributed by atoms with van der Waals surface area (Å²) in [6, 6.07) is 21.8. The second-order valence-electron chi connectivity index (χ2n) is 7.50. The van der Waals surface area contributed by atoms with Crippen LogP contribution in [0, 0.1) is 0 Å². The Balaban J connectivity index is 1.44. The third-order valence-corrected chi connectivity index (χ3v) is 6.27. The lowest BCUT2D eigenvalue weighted by molar-refractivity contribution is -0.115. The summed E-state index contributed by atoms with van der Waals surface area (Å²) in [4.78, 5) is 31.0. The first-order valence-electron chi connectivity index (χ1n) is 10.5. The van der Waals surface area contributed by atoms with Gasteiger partial charge in [-0.3, -0.25) is 14.2 Å². The van der Waals surface area contributed by atoms with E-state index in [1.807, 2.05) is 42.5 Å². The molecule has 1 aliphatic heterocycles. The van der Waals surface area contributed by atoms with Crippen LogP contribution in [0.25, 0.3) is 16.6 Å². The number of amides is 1. The van der Waals surface area contributed by atoms with Crippen LogP contribution in [0.5, 0.6) is 11.5 Å². The van der Waals surface area contributed by atoms with Crippen molar-refractivity contribution in [2.24, 2.45) is 0 Å². The van der Waals surface area contributed by atoms with Crippen LogP contribution in [-0.2, 0) is 4.79 Å². The molecule has 1 atom stereocenters. The maximum Gasteiger partial charge on any atom is 0.266 e. The zero-order valence-electron chi connectivity index (χ0n) is 17.9.